The third-order valence-corrected chi connectivity index (χ3v) is 3.61. The van der Waals surface area contributed by atoms with E-state index in [1.54, 1.807) is 0 Å². The zero-order valence-electron chi connectivity index (χ0n) is 9.22. The highest BCUT2D eigenvalue weighted by Gasteiger charge is 2.28. The minimum Gasteiger partial charge on any atom is -0.351 e. The van der Waals surface area contributed by atoms with Crippen LogP contribution in [0.3, 0.4) is 0 Å². The minimum atomic E-state index is -0.442. The molecule has 0 aromatic carbocycles. The summed E-state index contributed by atoms with van der Waals surface area (Å²) in [5.41, 5.74) is -0.442. The van der Waals surface area contributed by atoms with E-state index in [0.717, 1.165) is 18.7 Å². The van der Waals surface area contributed by atoms with Crippen molar-refractivity contribution in [1.29, 1.82) is 0 Å². The molecule has 1 aliphatic rings. The normalized spacial score (nSPS) is 22.4. The zero-order valence-corrected chi connectivity index (χ0v) is 10.0. The molecule has 0 spiro atoms. The maximum Gasteiger partial charge on any atom is 0.239 e. The SMILES string of the molecule is CCNC(C)(C)C(=O)NC1CCSC1. The lowest BCUT2D eigenvalue weighted by atomic mass is 10.0. The molecule has 1 fully saturated rings. The Bertz CT molecular complexity index is 200. The Morgan fingerprint density at radius 2 is 2.29 bits per heavy atom. The Hall–Kier alpha value is -0.220. The lowest BCUT2D eigenvalue weighted by Gasteiger charge is -2.26. The van der Waals surface area contributed by atoms with Crippen LogP contribution in [0.2, 0.25) is 0 Å². The molecule has 2 N–H and O–H groups in total. The lowest BCUT2D eigenvalue weighted by molar-refractivity contribution is -0.127. The number of hydrogen-bond donors (Lipinski definition) is 2. The average molecular weight is 216 g/mol. The number of likely N-dealkylation sites (N-methyl/N-ethyl adjacent to an activating group) is 1. The zero-order chi connectivity index (χ0) is 10.6. The first-order valence-electron chi connectivity index (χ1n) is 5.20. The maximum absolute atomic E-state index is 11.8. The predicted molar refractivity (Wildman–Crippen MR) is 61.6 cm³/mol. The average Bonchev–Trinajstić information content (AvgIpc) is 2.56. The molecule has 3 nitrogen and oxygen atoms in total. The van der Waals surface area contributed by atoms with E-state index in [1.165, 1.54) is 5.75 Å². The van der Waals surface area contributed by atoms with E-state index in [1.807, 2.05) is 32.5 Å². The van der Waals surface area contributed by atoms with Crippen molar-refractivity contribution in [1.82, 2.24) is 10.6 Å². The van der Waals surface area contributed by atoms with Gasteiger partial charge in [-0.3, -0.25) is 4.79 Å². The number of rotatable bonds is 4. The fraction of sp³-hybridized carbons (Fsp3) is 0.900. The van der Waals surface area contributed by atoms with Crippen LogP contribution in [0.25, 0.3) is 0 Å². The van der Waals surface area contributed by atoms with Crippen molar-refractivity contribution in [2.45, 2.75) is 38.8 Å². The Morgan fingerprint density at radius 1 is 1.57 bits per heavy atom. The Kier molecular flexibility index (Phi) is 4.26. The number of amides is 1. The Balaban J connectivity index is 2.39. The number of hydrogen-bond acceptors (Lipinski definition) is 3. The van der Waals surface area contributed by atoms with Gasteiger partial charge in [-0.2, -0.15) is 11.8 Å². The summed E-state index contributed by atoms with van der Waals surface area (Å²) in [5, 5.41) is 6.26. The molecule has 1 amide bonds. The Morgan fingerprint density at radius 3 is 2.79 bits per heavy atom. The molecule has 1 aliphatic heterocycles. The molecule has 0 aromatic rings. The van der Waals surface area contributed by atoms with E-state index in [9.17, 15) is 4.79 Å². The second-order valence-electron chi connectivity index (χ2n) is 4.19. The van der Waals surface area contributed by atoms with Crippen molar-refractivity contribution in [2.24, 2.45) is 0 Å². The molecule has 4 heteroatoms. The fourth-order valence-electron chi connectivity index (χ4n) is 1.54. The second kappa shape index (κ2) is 5.03. The third kappa shape index (κ3) is 3.17. The third-order valence-electron chi connectivity index (χ3n) is 2.45. The van der Waals surface area contributed by atoms with Crippen LogP contribution < -0.4 is 10.6 Å². The molecule has 0 aromatic heterocycles. The van der Waals surface area contributed by atoms with Crippen LogP contribution in [0, 0.1) is 0 Å². The van der Waals surface area contributed by atoms with Crippen LogP contribution in [0.4, 0.5) is 0 Å². The van der Waals surface area contributed by atoms with E-state index in [4.69, 9.17) is 0 Å². The van der Waals surface area contributed by atoms with Gasteiger partial charge in [0, 0.05) is 11.8 Å². The summed E-state index contributed by atoms with van der Waals surface area (Å²) in [6.45, 7) is 6.68. The summed E-state index contributed by atoms with van der Waals surface area (Å²) in [6, 6.07) is 0.380. The molecule has 0 saturated carbocycles. The highest BCUT2D eigenvalue weighted by atomic mass is 32.2. The van der Waals surface area contributed by atoms with Crippen LogP contribution >= 0.6 is 11.8 Å². The number of thioether (sulfide) groups is 1. The second-order valence-corrected chi connectivity index (χ2v) is 5.34. The van der Waals surface area contributed by atoms with Gasteiger partial charge in [0.15, 0.2) is 0 Å². The molecule has 1 heterocycles. The topological polar surface area (TPSA) is 41.1 Å². The van der Waals surface area contributed by atoms with E-state index in [2.05, 4.69) is 10.6 Å². The van der Waals surface area contributed by atoms with E-state index in [-0.39, 0.29) is 5.91 Å². The van der Waals surface area contributed by atoms with Gasteiger partial charge in [0.2, 0.25) is 5.91 Å². The molecule has 0 radical (unpaired) electrons. The lowest BCUT2D eigenvalue weighted by Crippen LogP contribution is -2.54. The summed E-state index contributed by atoms with van der Waals surface area (Å²) >= 11 is 1.91. The van der Waals surface area contributed by atoms with Crippen molar-refractivity contribution in [3.8, 4) is 0 Å². The summed E-state index contributed by atoms with van der Waals surface area (Å²) in [6.07, 6.45) is 1.11. The molecule has 1 atom stereocenters. The van der Waals surface area contributed by atoms with Crippen molar-refractivity contribution < 1.29 is 4.79 Å². The van der Waals surface area contributed by atoms with Crippen LogP contribution in [0.5, 0.6) is 0 Å². The summed E-state index contributed by atoms with van der Waals surface area (Å²) in [7, 11) is 0. The molecule has 82 valence electrons. The molecule has 1 saturated heterocycles. The van der Waals surface area contributed by atoms with Gasteiger partial charge in [0.05, 0.1) is 5.54 Å². The van der Waals surface area contributed by atoms with Gasteiger partial charge in [-0.15, -0.1) is 0 Å². The summed E-state index contributed by atoms with van der Waals surface area (Å²) in [4.78, 5) is 11.8. The molecule has 0 bridgehead atoms. The van der Waals surface area contributed by atoms with Crippen LogP contribution in [-0.4, -0.2) is 35.5 Å². The van der Waals surface area contributed by atoms with Crippen molar-refractivity contribution in [3.63, 3.8) is 0 Å². The summed E-state index contributed by atoms with van der Waals surface area (Å²) < 4.78 is 0. The van der Waals surface area contributed by atoms with Gasteiger partial charge in [-0.05, 0) is 32.6 Å². The van der Waals surface area contributed by atoms with E-state index in [0.29, 0.717) is 6.04 Å². The Labute approximate surface area is 90.4 Å². The van der Waals surface area contributed by atoms with Gasteiger partial charge in [-0.25, -0.2) is 0 Å². The van der Waals surface area contributed by atoms with Gasteiger partial charge in [0.1, 0.15) is 0 Å². The van der Waals surface area contributed by atoms with Crippen LogP contribution in [-0.2, 0) is 4.79 Å². The number of carbonyl (C=O) groups is 1. The first-order valence-corrected chi connectivity index (χ1v) is 6.35. The smallest absolute Gasteiger partial charge is 0.239 e. The molecule has 14 heavy (non-hydrogen) atoms. The van der Waals surface area contributed by atoms with Crippen molar-refractivity contribution in [2.75, 3.05) is 18.1 Å². The van der Waals surface area contributed by atoms with Gasteiger partial charge < -0.3 is 10.6 Å². The van der Waals surface area contributed by atoms with Crippen LogP contribution in [0.1, 0.15) is 27.2 Å². The van der Waals surface area contributed by atoms with Gasteiger partial charge in [-0.1, -0.05) is 6.92 Å². The molecule has 1 unspecified atom stereocenters. The molecule has 1 rings (SSSR count). The van der Waals surface area contributed by atoms with E-state index < -0.39 is 5.54 Å². The molecular formula is C10H20N2OS. The quantitative estimate of drug-likeness (QED) is 0.736. The van der Waals surface area contributed by atoms with Gasteiger partial charge in [0.25, 0.3) is 0 Å². The number of carbonyl (C=O) groups excluding carboxylic acids is 1. The summed E-state index contributed by atoms with van der Waals surface area (Å²) in [5.74, 6) is 2.35. The number of nitrogens with one attached hydrogen (secondary N) is 2. The fourth-order valence-corrected chi connectivity index (χ4v) is 2.69. The van der Waals surface area contributed by atoms with Crippen molar-refractivity contribution >= 4 is 17.7 Å². The van der Waals surface area contributed by atoms with Gasteiger partial charge >= 0.3 is 0 Å². The largest absolute Gasteiger partial charge is 0.351 e. The van der Waals surface area contributed by atoms with Crippen molar-refractivity contribution in [3.05, 3.63) is 0 Å². The molecular weight excluding hydrogens is 196 g/mol. The highest BCUT2D eigenvalue weighted by molar-refractivity contribution is 7.99. The maximum atomic E-state index is 11.8. The highest BCUT2D eigenvalue weighted by Crippen LogP contribution is 2.17. The first-order chi connectivity index (χ1) is 6.56. The van der Waals surface area contributed by atoms with Crippen LogP contribution in [0.15, 0.2) is 0 Å². The minimum absolute atomic E-state index is 0.117. The standard InChI is InChI=1S/C10H20N2OS/c1-4-11-10(2,3)9(13)12-8-5-6-14-7-8/h8,11H,4-7H2,1-3H3,(H,12,13). The monoisotopic (exact) mass is 216 g/mol. The first kappa shape index (κ1) is 11.9. The molecule has 0 aliphatic carbocycles. The van der Waals surface area contributed by atoms with E-state index >= 15 is 0 Å². The predicted octanol–water partition coefficient (Wildman–Crippen LogP) is 0.996.